The van der Waals surface area contributed by atoms with Crippen LogP contribution in [0.3, 0.4) is 0 Å². The lowest BCUT2D eigenvalue weighted by atomic mass is 9.70. The number of carbonyl (C=O) groups is 2. The molecule has 1 amide bonds. The van der Waals surface area contributed by atoms with E-state index in [1.165, 1.54) is 0 Å². The molecule has 1 spiro atoms. The number of halogens is 1. The summed E-state index contributed by atoms with van der Waals surface area (Å²) in [6.45, 7) is 7.29. The molecule has 0 aliphatic carbocycles. The third-order valence-corrected chi connectivity index (χ3v) is 6.36. The summed E-state index contributed by atoms with van der Waals surface area (Å²) in [6, 6.07) is 16.9. The smallest absolute Gasteiger partial charge is 0.227 e. The Labute approximate surface area is 171 Å². The molecule has 4 rings (SSSR count). The van der Waals surface area contributed by atoms with Crippen molar-refractivity contribution in [3.8, 4) is 0 Å². The molecule has 28 heavy (non-hydrogen) atoms. The number of carbonyl (C=O) groups excluding carboxylic acids is 2. The van der Waals surface area contributed by atoms with Crippen LogP contribution in [-0.2, 0) is 11.2 Å². The van der Waals surface area contributed by atoms with Gasteiger partial charge in [-0.3, -0.25) is 14.5 Å². The van der Waals surface area contributed by atoms with Crippen LogP contribution in [0.25, 0.3) is 0 Å². The number of rotatable bonds is 5. The molecule has 2 aromatic carbocycles. The molecule has 2 fully saturated rings. The largest absolute Gasteiger partial charge is 0.341 e. The quantitative estimate of drug-likeness (QED) is 0.724. The number of likely N-dealkylation sites (tertiary alicyclic amines) is 2. The summed E-state index contributed by atoms with van der Waals surface area (Å²) in [5.74, 6) is 0.309. The molecule has 4 nitrogen and oxygen atoms in total. The van der Waals surface area contributed by atoms with Crippen molar-refractivity contribution in [3.05, 3.63) is 70.7 Å². The van der Waals surface area contributed by atoms with E-state index in [1.54, 1.807) is 0 Å². The molecule has 0 saturated carbocycles. The van der Waals surface area contributed by atoms with Crippen molar-refractivity contribution in [1.82, 2.24) is 9.80 Å². The fourth-order valence-corrected chi connectivity index (χ4v) is 4.40. The van der Waals surface area contributed by atoms with Crippen LogP contribution in [0.4, 0.5) is 0 Å². The molecule has 0 unspecified atom stereocenters. The summed E-state index contributed by atoms with van der Waals surface area (Å²) < 4.78 is 0. The first-order valence-corrected chi connectivity index (χ1v) is 10.0. The molecule has 0 atom stereocenters. The second-order valence-corrected chi connectivity index (χ2v) is 9.10. The van der Waals surface area contributed by atoms with Crippen molar-refractivity contribution in [2.45, 2.75) is 25.8 Å². The van der Waals surface area contributed by atoms with Gasteiger partial charge in [-0.25, -0.2) is 0 Å². The zero-order chi connectivity index (χ0) is 19.9. The Balaban J connectivity index is 1.30. The number of nitrogens with zero attached hydrogens (tertiary/aromatic N) is 2. The Bertz CT molecular complexity index is 879. The highest BCUT2D eigenvalue weighted by Crippen LogP contribution is 2.43. The Kier molecular flexibility index (Phi) is 4.80. The van der Waals surface area contributed by atoms with Gasteiger partial charge in [0, 0.05) is 42.2 Å². The Morgan fingerprint density at radius 2 is 1.57 bits per heavy atom. The number of ketones is 1. The number of amides is 1. The molecule has 2 aromatic rings. The van der Waals surface area contributed by atoms with Crippen LogP contribution in [0.15, 0.2) is 54.6 Å². The van der Waals surface area contributed by atoms with Crippen LogP contribution in [0.1, 0.15) is 29.8 Å². The predicted molar refractivity (Wildman–Crippen MR) is 111 cm³/mol. The number of hydrogen-bond donors (Lipinski definition) is 0. The Morgan fingerprint density at radius 3 is 2.18 bits per heavy atom. The van der Waals surface area contributed by atoms with E-state index in [0.29, 0.717) is 11.4 Å². The van der Waals surface area contributed by atoms with Crippen molar-refractivity contribution in [2.75, 3.05) is 26.2 Å². The Morgan fingerprint density at radius 1 is 0.964 bits per heavy atom. The molecule has 0 aromatic heterocycles. The average molecular weight is 397 g/mol. The third kappa shape index (κ3) is 3.47. The number of Topliss-reactive ketones (excluding diaryl/α,β-unsaturated/α-hetero) is 1. The molecule has 0 radical (unpaired) electrons. The minimum atomic E-state index is -0.527. The highest BCUT2D eigenvalue weighted by molar-refractivity contribution is 6.30. The fraction of sp³-hybridized carbons (Fsp3) is 0.391. The highest BCUT2D eigenvalue weighted by Gasteiger charge is 2.57. The summed E-state index contributed by atoms with van der Waals surface area (Å²) in [5, 5.41) is 0.682. The first-order chi connectivity index (χ1) is 13.3. The standard InChI is InChI=1S/C23H25ClN2O2/c1-22(2,21(28)18-6-4-3-5-7-18)26-15-23(16-26)13-25(14-23)20(27)12-17-8-10-19(24)11-9-17/h3-11H,12-16H2,1-2H3. The molecule has 0 N–H and O–H groups in total. The number of hydrogen-bond acceptors (Lipinski definition) is 3. The van der Waals surface area contributed by atoms with Gasteiger partial charge < -0.3 is 4.90 Å². The van der Waals surface area contributed by atoms with Gasteiger partial charge in [-0.2, -0.15) is 0 Å². The topological polar surface area (TPSA) is 40.6 Å². The van der Waals surface area contributed by atoms with Crippen molar-refractivity contribution >= 4 is 23.3 Å². The van der Waals surface area contributed by atoms with Gasteiger partial charge in [0.1, 0.15) is 0 Å². The summed E-state index contributed by atoms with van der Waals surface area (Å²) in [6.07, 6.45) is 0.412. The van der Waals surface area contributed by atoms with Gasteiger partial charge in [0.05, 0.1) is 12.0 Å². The molecule has 2 saturated heterocycles. The maximum absolute atomic E-state index is 12.9. The molecule has 146 valence electrons. The molecule has 2 aliphatic heterocycles. The van der Waals surface area contributed by atoms with Crippen molar-refractivity contribution in [2.24, 2.45) is 5.41 Å². The van der Waals surface area contributed by atoms with Crippen LogP contribution in [0.5, 0.6) is 0 Å². The first-order valence-electron chi connectivity index (χ1n) is 9.66. The molecule has 2 aliphatic rings. The van der Waals surface area contributed by atoms with Gasteiger partial charge in [-0.15, -0.1) is 0 Å². The van der Waals surface area contributed by atoms with Gasteiger partial charge in [0.25, 0.3) is 0 Å². The first kappa shape index (κ1) is 19.2. The van der Waals surface area contributed by atoms with E-state index in [0.717, 1.165) is 37.3 Å². The zero-order valence-electron chi connectivity index (χ0n) is 16.3. The highest BCUT2D eigenvalue weighted by atomic mass is 35.5. The fourth-order valence-electron chi connectivity index (χ4n) is 4.27. The predicted octanol–water partition coefficient (Wildman–Crippen LogP) is 3.69. The van der Waals surface area contributed by atoms with Crippen molar-refractivity contribution in [3.63, 3.8) is 0 Å². The third-order valence-electron chi connectivity index (χ3n) is 6.11. The molecule has 5 heteroatoms. The van der Waals surface area contributed by atoms with Gasteiger partial charge in [0.2, 0.25) is 5.91 Å². The van der Waals surface area contributed by atoms with E-state index in [4.69, 9.17) is 11.6 Å². The van der Waals surface area contributed by atoms with Crippen LogP contribution >= 0.6 is 11.6 Å². The second kappa shape index (κ2) is 7.02. The summed E-state index contributed by atoms with van der Waals surface area (Å²) in [7, 11) is 0. The maximum Gasteiger partial charge on any atom is 0.227 e. The van der Waals surface area contributed by atoms with Gasteiger partial charge >= 0.3 is 0 Å². The van der Waals surface area contributed by atoms with E-state index in [2.05, 4.69) is 4.90 Å². The van der Waals surface area contributed by atoms with E-state index in [1.807, 2.05) is 73.3 Å². The molecule has 2 heterocycles. The molecular formula is C23H25ClN2O2. The van der Waals surface area contributed by atoms with Gasteiger partial charge in [0.15, 0.2) is 5.78 Å². The summed E-state index contributed by atoms with van der Waals surface area (Å²) in [4.78, 5) is 29.6. The van der Waals surface area contributed by atoms with Crippen LogP contribution in [-0.4, -0.2) is 53.2 Å². The lowest BCUT2D eigenvalue weighted by molar-refractivity contribution is -0.165. The normalized spacial score (nSPS) is 18.5. The van der Waals surface area contributed by atoms with E-state index in [9.17, 15) is 9.59 Å². The van der Waals surface area contributed by atoms with E-state index >= 15 is 0 Å². The molecular weight excluding hydrogens is 372 g/mol. The van der Waals surface area contributed by atoms with Crippen LogP contribution in [0.2, 0.25) is 5.02 Å². The van der Waals surface area contributed by atoms with Gasteiger partial charge in [-0.1, -0.05) is 54.1 Å². The van der Waals surface area contributed by atoms with Crippen LogP contribution < -0.4 is 0 Å². The lowest BCUT2D eigenvalue weighted by Gasteiger charge is -2.63. The monoisotopic (exact) mass is 396 g/mol. The van der Waals surface area contributed by atoms with Crippen LogP contribution in [0, 0.1) is 5.41 Å². The Hall–Kier alpha value is -2.17. The average Bonchev–Trinajstić information content (AvgIpc) is 2.61. The van der Waals surface area contributed by atoms with E-state index < -0.39 is 5.54 Å². The zero-order valence-corrected chi connectivity index (χ0v) is 17.1. The van der Waals surface area contributed by atoms with E-state index in [-0.39, 0.29) is 17.1 Å². The van der Waals surface area contributed by atoms with Crippen molar-refractivity contribution < 1.29 is 9.59 Å². The lowest BCUT2D eigenvalue weighted by Crippen LogP contribution is -2.76. The van der Waals surface area contributed by atoms with Crippen molar-refractivity contribution in [1.29, 1.82) is 0 Å². The number of benzene rings is 2. The van der Waals surface area contributed by atoms with Gasteiger partial charge in [-0.05, 0) is 31.5 Å². The summed E-state index contributed by atoms with van der Waals surface area (Å²) in [5.41, 5.74) is 1.37. The SMILES string of the molecule is CC(C)(C(=O)c1ccccc1)N1CC2(CN(C(=O)Cc3ccc(Cl)cc3)C2)C1. The minimum Gasteiger partial charge on any atom is -0.341 e. The second-order valence-electron chi connectivity index (χ2n) is 8.66. The minimum absolute atomic E-state index is 0.151. The molecule has 0 bridgehead atoms. The maximum atomic E-state index is 12.9. The summed E-state index contributed by atoms with van der Waals surface area (Å²) >= 11 is 5.90.